The van der Waals surface area contributed by atoms with Crippen LogP contribution < -0.4 is 14.4 Å². The van der Waals surface area contributed by atoms with Gasteiger partial charge in [0.1, 0.15) is 16.8 Å². The molecule has 43 heavy (non-hydrogen) atoms. The molecule has 11 nitrogen and oxygen atoms in total. The van der Waals surface area contributed by atoms with Crippen molar-refractivity contribution in [1.82, 2.24) is 24.8 Å². The van der Waals surface area contributed by atoms with Crippen LogP contribution in [-0.2, 0) is 0 Å². The summed E-state index contributed by atoms with van der Waals surface area (Å²) < 4.78 is 27.0. The smallest absolute Gasteiger partial charge is 0.412 e. The second-order valence-electron chi connectivity index (χ2n) is 9.82. The van der Waals surface area contributed by atoms with Crippen molar-refractivity contribution in [3.05, 3.63) is 65.3 Å². The average Bonchev–Trinajstić information content (AvgIpc) is 3.38. The van der Waals surface area contributed by atoms with E-state index in [9.17, 15) is 14.7 Å². The number of methoxy groups -OCH3 is 1. The van der Waals surface area contributed by atoms with Crippen LogP contribution in [0.15, 0.2) is 48.8 Å². The molecule has 1 unspecified atom stereocenters. The van der Waals surface area contributed by atoms with Gasteiger partial charge in [0, 0.05) is 36.8 Å². The molecular formula is C29H26ClFN6O5S. The summed E-state index contributed by atoms with van der Waals surface area (Å²) in [6, 6.07) is 8.38. The average molecular weight is 625 g/mol. The SMILES string of the molecule is COc1cnc2c(-c3nc4cc(F)c(O[C@@H](C)C(C)N(C(=O)O)c5ccc(C(=O)N(C)C)nc5)cc4s3)cc(Cl)cc2n1. The molecule has 0 spiro atoms. The van der Waals surface area contributed by atoms with Crippen molar-refractivity contribution in [2.45, 2.75) is 26.0 Å². The summed E-state index contributed by atoms with van der Waals surface area (Å²) in [6.45, 7) is 3.28. The van der Waals surface area contributed by atoms with Crippen molar-refractivity contribution in [3.63, 3.8) is 0 Å². The van der Waals surface area contributed by atoms with E-state index in [4.69, 9.17) is 21.1 Å². The number of fused-ring (bicyclic) bond motifs is 2. The molecule has 0 saturated heterocycles. The number of hydrogen-bond donors (Lipinski definition) is 1. The number of carbonyl (C=O) groups is 2. The van der Waals surface area contributed by atoms with Crippen molar-refractivity contribution in [3.8, 4) is 22.2 Å². The topological polar surface area (TPSA) is 131 Å². The number of thiazole rings is 1. The molecule has 3 aromatic heterocycles. The molecule has 14 heteroatoms. The quantitative estimate of drug-likeness (QED) is 0.216. The first kappa shape index (κ1) is 29.9. The first-order chi connectivity index (χ1) is 20.5. The number of carboxylic acid groups (broad SMARTS) is 1. The minimum absolute atomic E-state index is 0.0575. The summed E-state index contributed by atoms with van der Waals surface area (Å²) in [4.78, 5) is 44.4. The van der Waals surface area contributed by atoms with Crippen LogP contribution in [0, 0.1) is 5.82 Å². The van der Waals surface area contributed by atoms with E-state index in [1.54, 1.807) is 40.1 Å². The fourth-order valence-electron chi connectivity index (χ4n) is 4.38. The number of ether oxygens (including phenoxy) is 2. The zero-order valence-electron chi connectivity index (χ0n) is 23.7. The fourth-order valence-corrected chi connectivity index (χ4v) is 5.59. The number of rotatable bonds is 8. The lowest BCUT2D eigenvalue weighted by Crippen LogP contribution is -2.46. The molecule has 0 aliphatic heterocycles. The van der Waals surface area contributed by atoms with Gasteiger partial charge in [-0.1, -0.05) is 11.6 Å². The number of aromatic nitrogens is 4. The van der Waals surface area contributed by atoms with E-state index in [0.717, 1.165) is 4.90 Å². The zero-order valence-corrected chi connectivity index (χ0v) is 25.3. The molecule has 0 aliphatic carbocycles. The molecule has 0 radical (unpaired) electrons. The van der Waals surface area contributed by atoms with Crippen LogP contribution in [0.4, 0.5) is 14.9 Å². The Morgan fingerprint density at radius 3 is 2.47 bits per heavy atom. The molecule has 5 aromatic rings. The standard InChI is InChI=1S/C29H26ClFN6O5S/c1-14(37(29(39)40)17-6-7-20(32-12-17)28(38)36(3)4)15(2)42-23-11-24-21(10-19(23)31)35-27(43-24)18-8-16(30)9-22-26(18)33-13-25(34-22)41-5/h6-15H,1-5H3,(H,39,40)/t14?,15-/m0/s1. The maximum Gasteiger partial charge on any atom is 0.412 e. The van der Waals surface area contributed by atoms with Crippen LogP contribution in [0.1, 0.15) is 24.3 Å². The van der Waals surface area contributed by atoms with E-state index in [1.165, 1.54) is 60.0 Å². The second-order valence-corrected chi connectivity index (χ2v) is 11.3. The highest BCUT2D eigenvalue weighted by atomic mass is 35.5. The Bertz CT molecular complexity index is 1850. The number of carbonyl (C=O) groups excluding carboxylic acids is 1. The maximum atomic E-state index is 15.2. The van der Waals surface area contributed by atoms with Crippen molar-refractivity contribution in [2.24, 2.45) is 0 Å². The third-order valence-corrected chi connectivity index (χ3v) is 8.00. The normalized spacial score (nSPS) is 12.6. The maximum absolute atomic E-state index is 15.2. The lowest BCUT2D eigenvalue weighted by molar-refractivity contribution is 0.0822. The number of anilines is 1. The number of hydrogen-bond acceptors (Lipinski definition) is 9. The molecule has 0 fully saturated rings. The zero-order chi connectivity index (χ0) is 31.0. The van der Waals surface area contributed by atoms with Gasteiger partial charge >= 0.3 is 6.09 Å². The summed E-state index contributed by atoms with van der Waals surface area (Å²) in [5, 5.41) is 11.0. The van der Waals surface area contributed by atoms with Gasteiger partial charge in [-0.15, -0.1) is 11.3 Å². The van der Waals surface area contributed by atoms with E-state index in [2.05, 4.69) is 19.9 Å². The second kappa shape index (κ2) is 11.9. The molecule has 2 amide bonds. The summed E-state index contributed by atoms with van der Waals surface area (Å²) in [5.41, 5.74) is 2.54. The highest BCUT2D eigenvalue weighted by Gasteiger charge is 2.29. The Balaban J connectivity index is 1.42. The van der Waals surface area contributed by atoms with Gasteiger partial charge in [0.2, 0.25) is 5.88 Å². The Labute approximate surface area is 254 Å². The van der Waals surface area contributed by atoms with Crippen molar-refractivity contribution in [1.29, 1.82) is 0 Å². The van der Waals surface area contributed by atoms with E-state index in [-0.39, 0.29) is 23.0 Å². The summed E-state index contributed by atoms with van der Waals surface area (Å²) in [5.74, 6) is -0.685. The van der Waals surface area contributed by atoms with E-state index >= 15 is 4.39 Å². The highest BCUT2D eigenvalue weighted by Crippen LogP contribution is 2.38. The molecule has 5 rings (SSSR count). The van der Waals surface area contributed by atoms with Crippen LogP contribution in [0.25, 0.3) is 31.8 Å². The van der Waals surface area contributed by atoms with Crippen molar-refractivity contribution >= 4 is 61.9 Å². The number of pyridine rings is 1. The van der Waals surface area contributed by atoms with Crippen molar-refractivity contribution < 1.29 is 28.6 Å². The van der Waals surface area contributed by atoms with Crippen LogP contribution in [0.5, 0.6) is 11.6 Å². The molecule has 1 N–H and O–H groups in total. The lowest BCUT2D eigenvalue weighted by atomic mass is 10.1. The van der Waals surface area contributed by atoms with Gasteiger partial charge in [-0.05, 0) is 38.1 Å². The Morgan fingerprint density at radius 2 is 1.81 bits per heavy atom. The van der Waals surface area contributed by atoms with Gasteiger partial charge in [0.25, 0.3) is 5.91 Å². The van der Waals surface area contributed by atoms with E-state index in [0.29, 0.717) is 42.7 Å². The molecule has 0 bridgehead atoms. The number of halogens is 2. The molecule has 222 valence electrons. The largest absolute Gasteiger partial charge is 0.485 e. The lowest BCUT2D eigenvalue weighted by Gasteiger charge is -2.31. The molecule has 0 saturated carbocycles. The summed E-state index contributed by atoms with van der Waals surface area (Å²) in [6.07, 6.45) is 0.768. The molecule has 2 atom stereocenters. The fraction of sp³-hybridized carbons (Fsp3) is 0.241. The molecule has 3 heterocycles. The van der Waals surface area contributed by atoms with E-state index in [1.807, 2.05) is 0 Å². The van der Waals surface area contributed by atoms with Crippen LogP contribution in [-0.4, -0.2) is 75.3 Å². The molecular weight excluding hydrogens is 599 g/mol. The van der Waals surface area contributed by atoms with Gasteiger partial charge in [0.05, 0.1) is 52.5 Å². The van der Waals surface area contributed by atoms with Crippen LogP contribution in [0.3, 0.4) is 0 Å². The number of nitrogens with zero attached hydrogens (tertiary/aromatic N) is 6. The first-order valence-electron chi connectivity index (χ1n) is 12.9. The van der Waals surface area contributed by atoms with Gasteiger partial charge in [0.15, 0.2) is 11.6 Å². The Hall–Kier alpha value is -4.62. The van der Waals surface area contributed by atoms with Gasteiger partial charge in [-0.3, -0.25) is 9.69 Å². The summed E-state index contributed by atoms with van der Waals surface area (Å²) >= 11 is 7.65. The summed E-state index contributed by atoms with van der Waals surface area (Å²) in [7, 11) is 4.68. The number of benzene rings is 2. The molecule has 2 aromatic carbocycles. The monoisotopic (exact) mass is 624 g/mol. The van der Waals surface area contributed by atoms with Gasteiger partial charge < -0.3 is 19.5 Å². The predicted octanol–water partition coefficient (Wildman–Crippen LogP) is 6.14. The predicted molar refractivity (Wildman–Crippen MR) is 162 cm³/mol. The van der Waals surface area contributed by atoms with Gasteiger partial charge in [-0.2, -0.15) is 0 Å². The minimum atomic E-state index is -1.26. The van der Waals surface area contributed by atoms with Crippen molar-refractivity contribution in [2.75, 3.05) is 26.1 Å². The number of amides is 2. The Kier molecular flexibility index (Phi) is 8.29. The highest BCUT2D eigenvalue weighted by molar-refractivity contribution is 7.21. The van der Waals surface area contributed by atoms with Crippen LogP contribution in [0.2, 0.25) is 5.02 Å². The Morgan fingerprint density at radius 1 is 1.05 bits per heavy atom. The third kappa shape index (κ3) is 5.99. The van der Waals surface area contributed by atoms with E-state index < -0.39 is 24.1 Å². The van der Waals surface area contributed by atoms with Gasteiger partial charge in [-0.25, -0.2) is 29.1 Å². The first-order valence-corrected chi connectivity index (χ1v) is 14.1. The molecule has 0 aliphatic rings. The third-order valence-electron chi connectivity index (χ3n) is 6.73. The minimum Gasteiger partial charge on any atom is -0.485 e. The van der Waals surface area contributed by atoms with Crippen LogP contribution >= 0.6 is 22.9 Å².